The van der Waals surface area contributed by atoms with E-state index in [1.807, 2.05) is 44.2 Å². The Morgan fingerprint density at radius 3 is 2.29 bits per heavy atom. The molecule has 7 nitrogen and oxygen atoms in total. The van der Waals surface area contributed by atoms with Gasteiger partial charge in [-0.1, -0.05) is 29.8 Å². The van der Waals surface area contributed by atoms with E-state index in [4.69, 9.17) is 18.9 Å². The van der Waals surface area contributed by atoms with Gasteiger partial charge in [0.2, 0.25) is 15.8 Å². The van der Waals surface area contributed by atoms with E-state index in [-0.39, 0.29) is 12.6 Å². The van der Waals surface area contributed by atoms with Crippen molar-refractivity contribution < 1.29 is 27.4 Å². The Labute approximate surface area is 206 Å². The molecule has 0 saturated carbocycles. The van der Waals surface area contributed by atoms with Crippen LogP contribution in [0.4, 0.5) is 0 Å². The minimum atomic E-state index is -3.63. The zero-order valence-electron chi connectivity index (χ0n) is 20.5. The summed E-state index contributed by atoms with van der Waals surface area (Å²) in [7, 11) is 1.15. The van der Waals surface area contributed by atoms with Gasteiger partial charge in [0.15, 0.2) is 11.5 Å². The lowest BCUT2D eigenvalue weighted by Crippen LogP contribution is -2.25. The van der Waals surface area contributed by atoms with Gasteiger partial charge in [-0.05, 0) is 59.9 Å². The number of sulfonamides is 1. The maximum absolute atomic E-state index is 13.4. The Kier molecular flexibility index (Phi) is 5.99. The molecule has 184 valence electrons. The van der Waals surface area contributed by atoms with Crippen molar-refractivity contribution in [3.8, 4) is 28.4 Å². The third-order valence-corrected chi connectivity index (χ3v) is 8.72. The highest BCUT2D eigenvalue weighted by molar-refractivity contribution is 7.89. The zero-order valence-corrected chi connectivity index (χ0v) is 21.4. The molecule has 0 spiro atoms. The van der Waals surface area contributed by atoms with E-state index in [0.717, 1.165) is 38.9 Å². The van der Waals surface area contributed by atoms with Crippen LogP contribution in [0.25, 0.3) is 11.1 Å². The Hall–Kier alpha value is -3.07. The largest absolute Gasteiger partial charge is 0.493 e. The number of hydrogen-bond acceptors (Lipinski definition) is 6. The Balaban J connectivity index is 1.64. The van der Waals surface area contributed by atoms with Gasteiger partial charge >= 0.3 is 0 Å². The average Bonchev–Trinajstić information content (AvgIpc) is 3.26. The molecule has 0 unspecified atom stereocenters. The SMILES string of the molecule is COc1cc2c(c(OC)c1OC)-c1ccc3c(c1CO[C@H]2C)CN(S(=O)(=O)c1ccc(C)cc1)C3. The molecule has 0 saturated heterocycles. The normalized spacial score (nSPS) is 17.2. The molecular formula is C27H29NO6S. The van der Waals surface area contributed by atoms with Gasteiger partial charge in [0.05, 0.1) is 38.9 Å². The molecule has 8 heteroatoms. The molecule has 3 aromatic rings. The van der Waals surface area contributed by atoms with Crippen LogP contribution in [0.15, 0.2) is 47.4 Å². The number of hydrogen-bond donors (Lipinski definition) is 0. The minimum Gasteiger partial charge on any atom is -0.493 e. The molecule has 2 heterocycles. The van der Waals surface area contributed by atoms with Gasteiger partial charge in [-0.2, -0.15) is 4.31 Å². The second kappa shape index (κ2) is 8.86. The second-order valence-electron chi connectivity index (χ2n) is 8.88. The monoisotopic (exact) mass is 495 g/mol. The minimum absolute atomic E-state index is 0.226. The van der Waals surface area contributed by atoms with Crippen molar-refractivity contribution in [2.45, 2.75) is 44.5 Å². The predicted molar refractivity (Wildman–Crippen MR) is 132 cm³/mol. The highest BCUT2D eigenvalue weighted by Gasteiger charge is 2.35. The molecule has 1 atom stereocenters. The number of fused-ring (bicyclic) bond motifs is 5. The van der Waals surface area contributed by atoms with Crippen molar-refractivity contribution in [1.82, 2.24) is 4.31 Å². The fourth-order valence-corrected chi connectivity index (χ4v) is 6.40. The fourth-order valence-electron chi connectivity index (χ4n) is 5.01. The number of benzene rings is 3. The van der Waals surface area contributed by atoms with E-state index in [0.29, 0.717) is 35.3 Å². The van der Waals surface area contributed by atoms with Crippen molar-refractivity contribution in [2.75, 3.05) is 21.3 Å². The number of methoxy groups -OCH3 is 3. The quantitative estimate of drug-likeness (QED) is 0.497. The highest BCUT2D eigenvalue weighted by atomic mass is 32.2. The van der Waals surface area contributed by atoms with Gasteiger partial charge in [0.25, 0.3) is 0 Å². The summed E-state index contributed by atoms with van der Waals surface area (Å²) < 4.78 is 51.6. The van der Waals surface area contributed by atoms with Crippen molar-refractivity contribution in [3.05, 3.63) is 70.3 Å². The molecular weight excluding hydrogens is 466 g/mol. The van der Waals surface area contributed by atoms with Gasteiger partial charge in [-0.3, -0.25) is 0 Å². The van der Waals surface area contributed by atoms with Gasteiger partial charge in [-0.15, -0.1) is 0 Å². The number of aryl methyl sites for hydroxylation is 1. The Morgan fingerprint density at radius 2 is 1.63 bits per heavy atom. The third-order valence-electron chi connectivity index (χ3n) is 6.91. The van der Waals surface area contributed by atoms with Gasteiger partial charge < -0.3 is 18.9 Å². The number of ether oxygens (including phenoxy) is 4. The van der Waals surface area contributed by atoms with Gasteiger partial charge in [0, 0.05) is 18.7 Å². The van der Waals surface area contributed by atoms with E-state index >= 15 is 0 Å². The van der Waals surface area contributed by atoms with Gasteiger partial charge in [0.1, 0.15) is 0 Å². The first-order chi connectivity index (χ1) is 16.8. The Morgan fingerprint density at radius 1 is 0.914 bits per heavy atom. The van der Waals surface area contributed by atoms with Crippen LogP contribution in [0.3, 0.4) is 0 Å². The highest BCUT2D eigenvalue weighted by Crippen LogP contribution is 2.52. The number of rotatable bonds is 5. The predicted octanol–water partition coefficient (Wildman–Crippen LogP) is 4.98. The lowest BCUT2D eigenvalue weighted by molar-refractivity contribution is 0.0544. The van der Waals surface area contributed by atoms with Crippen LogP contribution in [0.2, 0.25) is 0 Å². The van der Waals surface area contributed by atoms with Crippen molar-refractivity contribution in [1.29, 1.82) is 0 Å². The topological polar surface area (TPSA) is 74.3 Å². The van der Waals surface area contributed by atoms with E-state index in [1.165, 1.54) is 4.31 Å². The summed E-state index contributed by atoms with van der Waals surface area (Å²) in [5, 5.41) is 0. The molecule has 0 N–H and O–H groups in total. The summed E-state index contributed by atoms with van der Waals surface area (Å²) in [4.78, 5) is 0.302. The lowest BCUT2D eigenvalue weighted by Gasteiger charge is -2.21. The molecule has 3 aromatic carbocycles. The van der Waals surface area contributed by atoms with Crippen LogP contribution >= 0.6 is 0 Å². The molecule has 2 aliphatic heterocycles. The van der Waals surface area contributed by atoms with Crippen LogP contribution in [0.5, 0.6) is 17.2 Å². The first kappa shape index (κ1) is 23.7. The van der Waals surface area contributed by atoms with E-state index in [9.17, 15) is 8.42 Å². The van der Waals surface area contributed by atoms with Crippen LogP contribution in [0, 0.1) is 6.92 Å². The first-order valence-corrected chi connectivity index (χ1v) is 12.9. The summed E-state index contributed by atoms with van der Waals surface area (Å²) in [6, 6.07) is 12.9. The van der Waals surface area contributed by atoms with E-state index < -0.39 is 10.0 Å². The average molecular weight is 496 g/mol. The summed E-state index contributed by atoms with van der Waals surface area (Å²) in [5.41, 5.74) is 6.72. The second-order valence-corrected chi connectivity index (χ2v) is 10.8. The smallest absolute Gasteiger partial charge is 0.243 e. The molecule has 0 fully saturated rings. The summed E-state index contributed by atoms with van der Waals surface area (Å²) >= 11 is 0. The van der Waals surface area contributed by atoms with Crippen molar-refractivity contribution in [2.24, 2.45) is 0 Å². The molecule has 0 radical (unpaired) electrons. The zero-order chi connectivity index (χ0) is 24.9. The lowest BCUT2D eigenvalue weighted by atomic mass is 9.89. The number of nitrogens with zero attached hydrogens (tertiary/aromatic N) is 1. The molecule has 0 aromatic heterocycles. The van der Waals surface area contributed by atoms with Crippen LogP contribution in [-0.2, 0) is 34.5 Å². The molecule has 35 heavy (non-hydrogen) atoms. The van der Waals surface area contributed by atoms with Crippen LogP contribution in [0.1, 0.15) is 40.8 Å². The fraction of sp³-hybridized carbons (Fsp3) is 0.333. The van der Waals surface area contributed by atoms with Gasteiger partial charge in [-0.25, -0.2) is 8.42 Å². The van der Waals surface area contributed by atoms with Crippen LogP contribution < -0.4 is 14.2 Å². The molecule has 0 aliphatic carbocycles. The van der Waals surface area contributed by atoms with Crippen molar-refractivity contribution >= 4 is 10.0 Å². The van der Waals surface area contributed by atoms with Crippen LogP contribution in [-0.4, -0.2) is 34.1 Å². The summed E-state index contributed by atoms with van der Waals surface area (Å²) in [6.45, 7) is 4.90. The summed E-state index contributed by atoms with van der Waals surface area (Å²) in [6.07, 6.45) is -0.226. The first-order valence-electron chi connectivity index (χ1n) is 11.5. The van der Waals surface area contributed by atoms with E-state index in [2.05, 4.69) is 0 Å². The van der Waals surface area contributed by atoms with E-state index in [1.54, 1.807) is 33.5 Å². The maximum atomic E-state index is 13.4. The molecule has 2 aliphatic rings. The molecule has 0 amide bonds. The van der Waals surface area contributed by atoms with Crippen molar-refractivity contribution in [3.63, 3.8) is 0 Å². The molecule has 0 bridgehead atoms. The standard InChI is InChI=1S/C27H29NO6S/c1-16-6-9-19(10-7-16)35(29,30)28-13-18-8-11-20-23(22(18)14-28)15-34-17(2)21-12-24(31-3)26(32-4)27(33-5)25(20)21/h6-12,17H,13-15H2,1-5H3/t17-/m0/s1. The molecule has 5 rings (SSSR count). The Bertz CT molecular complexity index is 1400. The maximum Gasteiger partial charge on any atom is 0.243 e. The third kappa shape index (κ3) is 3.76. The summed E-state index contributed by atoms with van der Waals surface area (Å²) in [5.74, 6) is 1.65.